The highest BCUT2D eigenvalue weighted by molar-refractivity contribution is 7.92. The van der Waals surface area contributed by atoms with Crippen LogP contribution >= 0.6 is 0 Å². The molecule has 1 heterocycles. The molecule has 2 atom stereocenters. The number of sulfone groups is 1. The largest absolute Gasteiger partial charge is 0.344 e. The highest BCUT2D eigenvalue weighted by Crippen LogP contribution is 2.49. The zero-order chi connectivity index (χ0) is 17.8. The third-order valence-electron chi connectivity index (χ3n) is 4.50. The van der Waals surface area contributed by atoms with Gasteiger partial charge in [0.1, 0.15) is 5.60 Å². The van der Waals surface area contributed by atoms with Crippen LogP contribution in [0, 0.1) is 10.1 Å². The smallest absolute Gasteiger partial charge is 0.269 e. The fourth-order valence-electron chi connectivity index (χ4n) is 2.91. The van der Waals surface area contributed by atoms with E-state index < -0.39 is 25.8 Å². The molecule has 1 aromatic rings. The minimum Gasteiger partial charge on any atom is -0.344 e. The number of rotatable bonds is 10. The maximum atomic E-state index is 12.4. The summed E-state index contributed by atoms with van der Waals surface area (Å²) in [7, 11) is -3.32. The molecule has 7 heteroatoms. The SMILES string of the molecule is CCCCCCCCS(=O)(=O)[C@@H]1O[C@@]1(C)c1ccc([N+](=O)[O-])cc1. The predicted octanol–water partition coefficient (Wildman–Crippen LogP) is 3.94. The molecule has 134 valence electrons. The highest BCUT2D eigenvalue weighted by atomic mass is 32.2. The van der Waals surface area contributed by atoms with Gasteiger partial charge in [-0.05, 0) is 31.0 Å². The van der Waals surface area contributed by atoms with E-state index in [1.165, 1.54) is 25.0 Å². The van der Waals surface area contributed by atoms with Crippen LogP contribution in [-0.4, -0.2) is 24.5 Å². The van der Waals surface area contributed by atoms with Crippen molar-refractivity contribution in [2.45, 2.75) is 63.4 Å². The van der Waals surface area contributed by atoms with E-state index in [9.17, 15) is 18.5 Å². The lowest BCUT2D eigenvalue weighted by molar-refractivity contribution is -0.384. The van der Waals surface area contributed by atoms with Crippen LogP contribution < -0.4 is 0 Å². The van der Waals surface area contributed by atoms with E-state index in [-0.39, 0.29) is 11.4 Å². The quantitative estimate of drug-likeness (QED) is 0.274. The van der Waals surface area contributed by atoms with Crippen molar-refractivity contribution in [3.05, 3.63) is 39.9 Å². The Balaban J connectivity index is 1.90. The standard InChI is InChI=1S/C17H25NO5S/c1-3-4-5-6-7-8-13-24(21,22)16-17(2,23-16)14-9-11-15(12-10-14)18(19)20/h9-12,16H,3-8,13H2,1-2H3/t16-,17-/m0/s1. The molecular weight excluding hydrogens is 330 g/mol. The van der Waals surface area contributed by atoms with Gasteiger partial charge in [-0.3, -0.25) is 10.1 Å². The second kappa shape index (κ2) is 7.61. The molecule has 1 saturated heterocycles. The van der Waals surface area contributed by atoms with Crippen LogP contribution in [0.5, 0.6) is 0 Å². The highest BCUT2D eigenvalue weighted by Gasteiger charge is 2.60. The van der Waals surface area contributed by atoms with Gasteiger partial charge in [-0.25, -0.2) is 8.42 Å². The maximum Gasteiger partial charge on any atom is 0.269 e. The number of hydrogen-bond donors (Lipinski definition) is 0. The first-order valence-electron chi connectivity index (χ1n) is 8.45. The molecule has 1 aliphatic rings. The average molecular weight is 355 g/mol. The summed E-state index contributed by atoms with van der Waals surface area (Å²) in [4.78, 5) is 10.2. The molecule has 1 aromatic carbocycles. The minimum absolute atomic E-state index is 0.0190. The molecule has 0 aromatic heterocycles. The molecule has 0 aliphatic carbocycles. The number of unbranched alkanes of at least 4 members (excludes halogenated alkanes) is 5. The van der Waals surface area contributed by atoms with Crippen LogP contribution in [0.4, 0.5) is 5.69 Å². The van der Waals surface area contributed by atoms with Crippen molar-refractivity contribution in [3.63, 3.8) is 0 Å². The lowest BCUT2D eigenvalue weighted by Crippen LogP contribution is -2.19. The van der Waals surface area contributed by atoms with Gasteiger partial charge in [0, 0.05) is 12.1 Å². The van der Waals surface area contributed by atoms with Gasteiger partial charge >= 0.3 is 0 Å². The summed E-state index contributed by atoms with van der Waals surface area (Å²) in [6.45, 7) is 3.87. The number of nitrogens with zero attached hydrogens (tertiary/aromatic N) is 1. The molecule has 0 bridgehead atoms. The average Bonchev–Trinajstić information content (AvgIpc) is 3.25. The van der Waals surface area contributed by atoms with E-state index in [0.717, 1.165) is 19.3 Å². The predicted molar refractivity (Wildman–Crippen MR) is 92.5 cm³/mol. The third-order valence-corrected chi connectivity index (χ3v) is 6.56. The van der Waals surface area contributed by atoms with Crippen LogP contribution in [0.1, 0.15) is 57.9 Å². The van der Waals surface area contributed by atoms with Crippen molar-refractivity contribution in [1.82, 2.24) is 0 Å². The molecular formula is C17H25NO5S. The molecule has 0 amide bonds. The molecule has 0 N–H and O–H groups in total. The summed E-state index contributed by atoms with van der Waals surface area (Å²) in [5.74, 6) is 0.131. The van der Waals surface area contributed by atoms with Gasteiger partial charge in [-0.1, -0.05) is 39.0 Å². The monoisotopic (exact) mass is 355 g/mol. The lowest BCUT2D eigenvalue weighted by Gasteiger charge is -2.07. The minimum atomic E-state index is -3.32. The normalized spacial score (nSPS) is 23.2. The molecule has 1 aliphatic heterocycles. The number of nitro groups is 1. The molecule has 0 unspecified atom stereocenters. The number of hydrogen-bond acceptors (Lipinski definition) is 5. The van der Waals surface area contributed by atoms with E-state index >= 15 is 0 Å². The van der Waals surface area contributed by atoms with Gasteiger partial charge in [0.25, 0.3) is 5.69 Å². The molecule has 0 saturated carbocycles. The summed E-state index contributed by atoms with van der Waals surface area (Å²) >= 11 is 0. The van der Waals surface area contributed by atoms with Gasteiger partial charge in [-0.2, -0.15) is 0 Å². The van der Waals surface area contributed by atoms with E-state index in [1.54, 1.807) is 19.1 Å². The van der Waals surface area contributed by atoms with Crippen molar-refractivity contribution in [3.8, 4) is 0 Å². The van der Waals surface area contributed by atoms with Crippen molar-refractivity contribution < 1.29 is 18.1 Å². The number of ether oxygens (including phenoxy) is 1. The number of benzene rings is 1. The Labute approximate surface area is 143 Å². The second-order valence-electron chi connectivity index (χ2n) is 6.50. The Morgan fingerprint density at radius 2 is 1.71 bits per heavy atom. The summed E-state index contributed by atoms with van der Waals surface area (Å²) in [5, 5.41) is 10.7. The summed E-state index contributed by atoms with van der Waals surface area (Å²) in [6.07, 6.45) is 6.15. The van der Waals surface area contributed by atoms with Crippen LogP contribution in [0.3, 0.4) is 0 Å². The number of non-ortho nitro benzene ring substituents is 1. The molecule has 6 nitrogen and oxygen atoms in total. The van der Waals surface area contributed by atoms with Crippen LogP contribution in [0.15, 0.2) is 24.3 Å². The molecule has 24 heavy (non-hydrogen) atoms. The van der Waals surface area contributed by atoms with E-state index in [0.29, 0.717) is 12.0 Å². The van der Waals surface area contributed by atoms with Gasteiger partial charge in [-0.15, -0.1) is 0 Å². The first-order chi connectivity index (χ1) is 11.3. The van der Waals surface area contributed by atoms with Gasteiger partial charge < -0.3 is 4.74 Å². The fourth-order valence-corrected chi connectivity index (χ4v) is 4.90. The zero-order valence-corrected chi connectivity index (χ0v) is 15.0. The molecule has 2 rings (SSSR count). The lowest BCUT2D eigenvalue weighted by atomic mass is 10.0. The molecule has 0 spiro atoms. The Bertz CT molecular complexity index is 671. The third kappa shape index (κ3) is 4.33. The maximum absolute atomic E-state index is 12.4. The van der Waals surface area contributed by atoms with Crippen molar-refractivity contribution in [2.24, 2.45) is 0 Å². The Kier molecular flexibility index (Phi) is 5.98. The zero-order valence-electron chi connectivity index (χ0n) is 14.2. The van der Waals surface area contributed by atoms with Gasteiger partial charge in [0.15, 0.2) is 15.3 Å². The fraction of sp³-hybridized carbons (Fsp3) is 0.647. The van der Waals surface area contributed by atoms with Crippen LogP contribution in [0.2, 0.25) is 0 Å². The van der Waals surface area contributed by atoms with Crippen LogP contribution in [0.25, 0.3) is 0 Å². The van der Waals surface area contributed by atoms with Crippen LogP contribution in [-0.2, 0) is 20.2 Å². The van der Waals surface area contributed by atoms with Gasteiger partial charge in [0.2, 0.25) is 0 Å². The Morgan fingerprint density at radius 1 is 1.12 bits per heavy atom. The van der Waals surface area contributed by atoms with Crippen molar-refractivity contribution in [1.29, 1.82) is 0 Å². The van der Waals surface area contributed by atoms with E-state index in [4.69, 9.17) is 4.74 Å². The molecule has 1 fully saturated rings. The number of epoxide rings is 1. The summed E-state index contributed by atoms with van der Waals surface area (Å²) < 4.78 is 30.3. The summed E-state index contributed by atoms with van der Waals surface area (Å²) in [5.41, 5.74) is -1.10. The first kappa shape index (κ1) is 18.9. The second-order valence-corrected chi connectivity index (χ2v) is 8.66. The molecule has 0 radical (unpaired) electrons. The first-order valence-corrected chi connectivity index (χ1v) is 10.2. The Morgan fingerprint density at radius 3 is 2.29 bits per heavy atom. The van der Waals surface area contributed by atoms with E-state index in [1.807, 2.05) is 0 Å². The van der Waals surface area contributed by atoms with Crippen molar-refractivity contribution >= 4 is 15.5 Å². The van der Waals surface area contributed by atoms with Crippen molar-refractivity contribution in [2.75, 3.05) is 5.75 Å². The van der Waals surface area contributed by atoms with E-state index in [2.05, 4.69) is 6.92 Å². The number of nitro benzene ring substituents is 1. The van der Waals surface area contributed by atoms with Gasteiger partial charge in [0.05, 0.1) is 10.7 Å². The Hall–Kier alpha value is -1.47. The topological polar surface area (TPSA) is 89.8 Å². The summed E-state index contributed by atoms with van der Waals surface area (Å²) in [6, 6.07) is 5.89.